The maximum Gasteiger partial charge on any atom is 0.337 e. The highest BCUT2D eigenvalue weighted by Crippen LogP contribution is 2.06. The zero-order chi connectivity index (χ0) is 14.7. The Morgan fingerprint density at radius 1 is 1.24 bits per heavy atom. The Morgan fingerprint density at radius 2 is 2.10 bits per heavy atom. The van der Waals surface area contributed by atoms with Crippen LogP contribution < -0.4 is 0 Å². The summed E-state index contributed by atoms with van der Waals surface area (Å²) in [6.07, 6.45) is 5.17. The van der Waals surface area contributed by atoms with Crippen LogP contribution in [-0.4, -0.2) is 27.7 Å². The van der Waals surface area contributed by atoms with E-state index in [9.17, 15) is 4.79 Å². The van der Waals surface area contributed by atoms with E-state index >= 15 is 0 Å². The van der Waals surface area contributed by atoms with Crippen molar-refractivity contribution in [1.29, 1.82) is 0 Å². The number of benzene rings is 1. The second-order valence-electron chi connectivity index (χ2n) is 4.30. The first-order chi connectivity index (χ1) is 10.3. The van der Waals surface area contributed by atoms with E-state index in [-0.39, 0.29) is 5.97 Å². The molecule has 0 fully saturated rings. The fourth-order valence-corrected chi connectivity index (χ4v) is 1.86. The molecule has 5 heteroatoms. The number of ether oxygens (including phenoxy) is 1. The van der Waals surface area contributed by atoms with E-state index in [2.05, 4.69) is 26.7 Å². The van der Waals surface area contributed by atoms with Crippen molar-refractivity contribution in [3.63, 3.8) is 0 Å². The third-order valence-corrected chi connectivity index (χ3v) is 2.88. The first-order valence-electron chi connectivity index (χ1n) is 6.26. The highest BCUT2D eigenvalue weighted by molar-refractivity contribution is 5.89. The first-order valence-corrected chi connectivity index (χ1v) is 6.26. The number of hydrogen-bond donors (Lipinski definition) is 0. The van der Waals surface area contributed by atoms with Crippen molar-refractivity contribution in [1.82, 2.24) is 14.6 Å². The minimum Gasteiger partial charge on any atom is -0.465 e. The molecule has 0 N–H and O–H groups in total. The van der Waals surface area contributed by atoms with Crippen LogP contribution in [-0.2, 0) is 4.74 Å². The van der Waals surface area contributed by atoms with Gasteiger partial charge in [-0.05, 0) is 18.2 Å². The highest BCUT2D eigenvalue weighted by atomic mass is 16.5. The Morgan fingerprint density at radius 3 is 2.95 bits per heavy atom. The molecule has 3 aromatic rings. The van der Waals surface area contributed by atoms with Gasteiger partial charge in [0.15, 0.2) is 5.65 Å². The molecule has 0 radical (unpaired) electrons. The summed E-state index contributed by atoms with van der Waals surface area (Å²) in [7, 11) is 1.35. The molecule has 0 amide bonds. The van der Waals surface area contributed by atoms with Crippen LogP contribution in [0.3, 0.4) is 0 Å². The first kappa shape index (κ1) is 12.9. The van der Waals surface area contributed by atoms with Gasteiger partial charge in [0.25, 0.3) is 0 Å². The summed E-state index contributed by atoms with van der Waals surface area (Å²) in [5.41, 5.74) is 2.73. The summed E-state index contributed by atoms with van der Waals surface area (Å²) in [6.45, 7) is 0. The third-order valence-electron chi connectivity index (χ3n) is 2.88. The van der Waals surface area contributed by atoms with Gasteiger partial charge in [0.1, 0.15) is 0 Å². The monoisotopic (exact) mass is 277 g/mol. The molecular formula is C16H11N3O2. The summed E-state index contributed by atoms with van der Waals surface area (Å²) < 4.78 is 6.35. The predicted octanol–water partition coefficient (Wildman–Crippen LogP) is 1.92. The Hall–Kier alpha value is -3.13. The van der Waals surface area contributed by atoms with Gasteiger partial charge in [0, 0.05) is 24.0 Å². The van der Waals surface area contributed by atoms with E-state index in [1.54, 1.807) is 41.3 Å². The normalized spacial score (nSPS) is 9.95. The van der Waals surface area contributed by atoms with E-state index < -0.39 is 0 Å². The van der Waals surface area contributed by atoms with Gasteiger partial charge >= 0.3 is 5.97 Å². The Bertz CT molecular complexity index is 872. The fraction of sp³-hybridized carbons (Fsp3) is 0.0625. The quantitative estimate of drug-likeness (QED) is 0.503. The molecule has 5 nitrogen and oxygen atoms in total. The van der Waals surface area contributed by atoms with E-state index in [1.807, 2.05) is 12.1 Å². The number of fused-ring (bicyclic) bond motifs is 1. The SMILES string of the molecule is COC(=O)c1cccc(C#Cc2cnc3ccnn3c2)c1. The lowest BCUT2D eigenvalue weighted by molar-refractivity contribution is 0.0600. The zero-order valence-electron chi connectivity index (χ0n) is 11.3. The van der Waals surface area contributed by atoms with Crippen LogP contribution in [0.5, 0.6) is 0 Å². The van der Waals surface area contributed by atoms with E-state index in [0.717, 1.165) is 16.8 Å². The number of hydrogen-bond acceptors (Lipinski definition) is 4. The molecule has 0 bridgehead atoms. The van der Waals surface area contributed by atoms with Crippen molar-refractivity contribution in [2.45, 2.75) is 0 Å². The molecule has 0 aliphatic carbocycles. The lowest BCUT2D eigenvalue weighted by atomic mass is 10.1. The van der Waals surface area contributed by atoms with Crippen molar-refractivity contribution in [2.75, 3.05) is 7.11 Å². The summed E-state index contributed by atoms with van der Waals surface area (Å²) in [6, 6.07) is 8.80. The van der Waals surface area contributed by atoms with Crippen molar-refractivity contribution < 1.29 is 9.53 Å². The van der Waals surface area contributed by atoms with Crippen LogP contribution in [0.1, 0.15) is 21.5 Å². The molecule has 0 aliphatic heterocycles. The van der Waals surface area contributed by atoms with Crippen molar-refractivity contribution >= 4 is 11.6 Å². The van der Waals surface area contributed by atoms with Crippen LogP contribution >= 0.6 is 0 Å². The van der Waals surface area contributed by atoms with E-state index in [4.69, 9.17) is 0 Å². The van der Waals surface area contributed by atoms with Crippen LogP contribution in [0.2, 0.25) is 0 Å². The molecular weight excluding hydrogens is 266 g/mol. The summed E-state index contributed by atoms with van der Waals surface area (Å²) in [4.78, 5) is 15.7. The van der Waals surface area contributed by atoms with Gasteiger partial charge in [0.2, 0.25) is 0 Å². The Labute approximate surface area is 121 Å². The van der Waals surface area contributed by atoms with Crippen molar-refractivity contribution in [3.05, 3.63) is 65.6 Å². The molecule has 21 heavy (non-hydrogen) atoms. The smallest absolute Gasteiger partial charge is 0.337 e. The van der Waals surface area contributed by atoms with Crippen molar-refractivity contribution in [2.24, 2.45) is 0 Å². The van der Waals surface area contributed by atoms with Gasteiger partial charge in [-0.3, -0.25) is 0 Å². The van der Waals surface area contributed by atoms with Gasteiger partial charge < -0.3 is 4.74 Å². The van der Waals surface area contributed by atoms with Gasteiger partial charge in [-0.2, -0.15) is 5.10 Å². The molecule has 0 aliphatic rings. The maximum absolute atomic E-state index is 11.5. The fourth-order valence-electron chi connectivity index (χ4n) is 1.86. The molecule has 2 heterocycles. The van der Waals surface area contributed by atoms with Crippen LogP contribution in [0.25, 0.3) is 5.65 Å². The number of esters is 1. The minimum atomic E-state index is -0.377. The van der Waals surface area contributed by atoms with Crippen molar-refractivity contribution in [3.8, 4) is 11.8 Å². The predicted molar refractivity (Wildman–Crippen MR) is 76.7 cm³/mol. The molecule has 3 rings (SSSR count). The van der Waals surface area contributed by atoms with Gasteiger partial charge in [-0.25, -0.2) is 14.3 Å². The minimum absolute atomic E-state index is 0.377. The number of rotatable bonds is 1. The number of methoxy groups -OCH3 is 1. The summed E-state index contributed by atoms with van der Waals surface area (Å²) in [5, 5.41) is 4.11. The molecule has 0 unspecified atom stereocenters. The number of carbonyl (C=O) groups is 1. The molecule has 0 saturated carbocycles. The molecule has 0 saturated heterocycles. The second kappa shape index (κ2) is 5.47. The summed E-state index contributed by atoms with van der Waals surface area (Å²) in [5.74, 6) is 5.62. The third kappa shape index (κ3) is 2.74. The molecule has 0 spiro atoms. The largest absolute Gasteiger partial charge is 0.465 e. The van der Waals surface area contributed by atoms with E-state index in [1.165, 1.54) is 7.11 Å². The second-order valence-corrected chi connectivity index (χ2v) is 4.30. The maximum atomic E-state index is 11.5. The molecule has 2 aromatic heterocycles. The van der Waals surface area contributed by atoms with Gasteiger partial charge in [-0.1, -0.05) is 17.9 Å². The highest BCUT2D eigenvalue weighted by Gasteiger charge is 2.04. The molecule has 0 atom stereocenters. The zero-order valence-corrected chi connectivity index (χ0v) is 11.3. The number of aromatic nitrogens is 3. The Balaban J connectivity index is 1.91. The lowest BCUT2D eigenvalue weighted by Crippen LogP contribution is -2.00. The number of carbonyl (C=O) groups excluding carboxylic acids is 1. The lowest BCUT2D eigenvalue weighted by Gasteiger charge is -1.98. The average Bonchev–Trinajstić information content (AvgIpc) is 3.00. The van der Waals surface area contributed by atoms with Gasteiger partial charge in [0.05, 0.1) is 24.4 Å². The standard InChI is InChI=1S/C16H11N3O2/c1-21-16(20)14-4-2-3-12(9-14)5-6-13-10-17-15-7-8-18-19(15)11-13/h2-4,7-11H,1H3. The van der Waals surface area contributed by atoms with Crippen LogP contribution in [0.15, 0.2) is 48.9 Å². The van der Waals surface area contributed by atoms with E-state index in [0.29, 0.717) is 5.56 Å². The Kier molecular flexibility index (Phi) is 3.36. The summed E-state index contributed by atoms with van der Waals surface area (Å²) >= 11 is 0. The molecule has 102 valence electrons. The van der Waals surface area contributed by atoms with Crippen LogP contribution in [0, 0.1) is 11.8 Å². The number of nitrogens with zero attached hydrogens (tertiary/aromatic N) is 3. The average molecular weight is 277 g/mol. The molecule has 1 aromatic carbocycles. The van der Waals surface area contributed by atoms with Crippen LogP contribution in [0.4, 0.5) is 0 Å². The topological polar surface area (TPSA) is 56.5 Å². The van der Waals surface area contributed by atoms with Gasteiger partial charge in [-0.15, -0.1) is 0 Å².